The number of carbonyl (C=O) groups is 1. The minimum absolute atomic E-state index is 0.0110. The Labute approximate surface area is 231 Å². The molecule has 1 aromatic carbocycles. The number of hydrogen-bond acceptors (Lipinski definition) is 6. The van der Waals surface area contributed by atoms with Gasteiger partial charge in [-0.05, 0) is 38.0 Å². The van der Waals surface area contributed by atoms with Crippen LogP contribution in [0.25, 0.3) is 11.0 Å². The molecule has 2 bridgehead atoms. The molecule has 210 valence electrons. The van der Waals surface area contributed by atoms with Gasteiger partial charge in [0.05, 0.1) is 35.3 Å². The molecular weight excluding hydrogens is 527 g/mol. The second-order valence-electron chi connectivity index (χ2n) is 11.4. The molecule has 2 saturated heterocycles. The second kappa shape index (κ2) is 9.72. The number of guanidine groups is 1. The molecule has 3 fully saturated rings. The van der Waals surface area contributed by atoms with E-state index in [-0.39, 0.29) is 35.4 Å². The average Bonchev–Trinajstić information content (AvgIpc) is 3.40. The third-order valence-corrected chi connectivity index (χ3v) is 8.39. The molecular formula is C27H34ClFN6O4. The van der Waals surface area contributed by atoms with Crippen molar-refractivity contribution in [1.82, 2.24) is 24.7 Å². The molecule has 4 aliphatic rings. The van der Waals surface area contributed by atoms with Gasteiger partial charge < -0.3 is 34.3 Å². The summed E-state index contributed by atoms with van der Waals surface area (Å²) in [5, 5.41) is 14.2. The Morgan fingerprint density at radius 1 is 1.33 bits per heavy atom. The number of imidazole rings is 1. The van der Waals surface area contributed by atoms with Gasteiger partial charge in [0.2, 0.25) is 5.91 Å². The first-order valence-corrected chi connectivity index (χ1v) is 13.7. The van der Waals surface area contributed by atoms with Gasteiger partial charge in [-0.3, -0.25) is 4.79 Å². The van der Waals surface area contributed by atoms with Crippen LogP contribution in [0.4, 0.5) is 4.39 Å². The van der Waals surface area contributed by atoms with Crippen molar-refractivity contribution in [3.63, 3.8) is 0 Å². The predicted molar refractivity (Wildman–Crippen MR) is 144 cm³/mol. The number of aliphatic imine (C=N–C) groups is 1. The lowest BCUT2D eigenvalue weighted by Crippen LogP contribution is -2.48. The van der Waals surface area contributed by atoms with Gasteiger partial charge in [0.15, 0.2) is 18.1 Å². The highest BCUT2D eigenvalue weighted by molar-refractivity contribution is 6.30. The quantitative estimate of drug-likeness (QED) is 0.579. The van der Waals surface area contributed by atoms with E-state index in [9.17, 15) is 9.90 Å². The largest absolute Gasteiger partial charge is 0.386 e. The summed E-state index contributed by atoms with van der Waals surface area (Å²) >= 11 is 6.69. The number of hydrogen-bond donors (Lipinski definition) is 2. The summed E-state index contributed by atoms with van der Waals surface area (Å²) in [5.74, 6) is 0.706. The van der Waals surface area contributed by atoms with Crippen LogP contribution >= 0.6 is 11.6 Å². The maximum atomic E-state index is 15.7. The van der Waals surface area contributed by atoms with Crippen molar-refractivity contribution in [3.8, 4) is 0 Å². The number of amides is 1. The van der Waals surface area contributed by atoms with Crippen LogP contribution in [0.2, 0.25) is 0 Å². The smallest absolute Gasteiger partial charge is 0.225 e. The van der Waals surface area contributed by atoms with Crippen molar-refractivity contribution < 1.29 is 23.8 Å². The van der Waals surface area contributed by atoms with Crippen LogP contribution in [0.3, 0.4) is 0 Å². The van der Waals surface area contributed by atoms with Crippen molar-refractivity contribution in [1.29, 1.82) is 0 Å². The third-order valence-electron chi connectivity index (χ3n) is 8.07. The zero-order valence-electron chi connectivity index (χ0n) is 22.6. The molecule has 0 radical (unpaired) electrons. The van der Waals surface area contributed by atoms with Gasteiger partial charge in [-0.1, -0.05) is 11.6 Å². The van der Waals surface area contributed by atoms with Crippen molar-refractivity contribution >= 4 is 34.5 Å². The fraction of sp³-hybridized carbons (Fsp3) is 0.593. The van der Waals surface area contributed by atoms with Crippen molar-refractivity contribution in [2.75, 3.05) is 27.7 Å². The molecule has 12 heteroatoms. The molecule has 3 unspecified atom stereocenters. The van der Waals surface area contributed by atoms with Gasteiger partial charge in [0.1, 0.15) is 17.4 Å². The lowest BCUT2D eigenvalue weighted by atomic mass is 10.0. The van der Waals surface area contributed by atoms with Gasteiger partial charge >= 0.3 is 0 Å². The minimum Gasteiger partial charge on any atom is -0.386 e. The van der Waals surface area contributed by atoms with E-state index < -0.39 is 30.3 Å². The zero-order valence-corrected chi connectivity index (χ0v) is 23.4. The van der Waals surface area contributed by atoms with E-state index in [1.807, 2.05) is 36.4 Å². The third kappa shape index (κ3) is 4.49. The van der Waals surface area contributed by atoms with Gasteiger partial charge in [0, 0.05) is 51.6 Å². The summed E-state index contributed by atoms with van der Waals surface area (Å²) in [6.07, 6.45) is 1.23. The number of benzene rings is 1. The number of rotatable bonds is 5. The Kier molecular flexibility index (Phi) is 6.60. The highest BCUT2D eigenvalue weighted by Gasteiger charge is 2.48. The van der Waals surface area contributed by atoms with E-state index in [0.29, 0.717) is 41.5 Å². The Balaban J connectivity index is 1.35. The number of aliphatic hydroxyl groups excluding tert-OH is 1. The molecule has 1 aromatic heterocycles. The first kappa shape index (κ1) is 26.5. The number of aliphatic hydroxyl groups is 1. The van der Waals surface area contributed by atoms with Gasteiger partial charge in [0.25, 0.3) is 0 Å². The van der Waals surface area contributed by atoms with Gasteiger partial charge in [-0.2, -0.15) is 0 Å². The van der Waals surface area contributed by atoms with E-state index in [1.54, 1.807) is 25.2 Å². The number of nitrogens with zero attached hydrogens (tertiary/aromatic N) is 5. The minimum atomic E-state index is -0.885. The van der Waals surface area contributed by atoms with E-state index in [4.69, 9.17) is 31.1 Å². The molecule has 6 rings (SSSR count). The zero-order chi connectivity index (χ0) is 27.7. The average molecular weight is 561 g/mol. The van der Waals surface area contributed by atoms with Crippen LogP contribution < -0.4 is 5.32 Å². The van der Waals surface area contributed by atoms with Crippen molar-refractivity contribution in [2.24, 2.45) is 10.9 Å². The van der Waals surface area contributed by atoms with Crippen molar-refractivity contribution in [2.45, 2.75) is 69.2 Å². The number of carbonyl (C=O) groups excluding carboxylic acids is 1. The summed E-state index contributed by atoms with van der Waals surface area (Å²) < 4.78 is 28.8. The summed E-state index contributed by atoms with van der Waals surface area (Å²) in [7, 11) is 5.33. The second-order valence-corrected chi connectivity index (χ2v) is 11.8. The standard InChI is InChI=1S/C27H34ClFN6O4/c1-12(2)35-20-7-13(6-18(29)21(20)32-24(35)15-9-16(15)25(37)33(3)4)22-17(28)10-30-27(34(22)5)31-19-8-14-11-38-26(39-14)23(19)36/h6-7,10,12,14-16,19,22-23,26,36H,8-9,11H2,1-5H3,(H,30,31)/t14-,15?,16?,19+,22?,23-,26+/m0/s1. The summed E-state index contributed by atoms with van der Waals surface area (Å²) in [4.78, 5) is 25.5. The normalized spacial score (nSPS) is 33.1. The number of likely N-dealkylation sites (N-methyl/N-ethyl adjacent to an activating group) is 1. The Morgan fingerprint density at radius 2 is 2.10 bits per heavy atom. The highest BCUT2D eigenvalue weighted by atomic mass is 35.5. The van der Waals surface area contributed by atoms with Crippen LogP contribution in [-0.2, 0) is 14.3 Å². The molecule has 1 amide bonds. The molecule has 2 aromatic rings. The number of aromatic nitrogens is 2. The lowest BCUT2D eigenvalue weighted by Gasteiger charge is -2.36. The van der Waals surface area contributed by atoms with Crippen LogP contribution in [0.15, 0.2) is 28.4 Å². The molecule has 3 aliphatic heterocycles. The first-order chi connectivity index (χ1) is 18.5. The number of halogens is 2. The van der Waals surface area contributed by atoms with E-state index >= 15 is 4.39 Å². The predicted octanol–water partition coefficient (Wildman–Crippen LogP) is 2.84. The molecule has 10 nitrogen and oxygen atoms in total. The van der Waals surface area contributed by atoms with Crippen LogP contribution in [0, 0.1) is 11.7 Å². The summed E-state index contributed by atoms with van der Waals surface area (Å²) in [5.41, 5.74) is 1.61. The SMILES string of the molecule is CC(C)n1c(C2CC2C(=O)N(C)C)nc2c(F)cc(C3C(Cl)=CNC(=N[C@@H]4C[C@H]5CO[C@H](O5)[C@H]4O)N3C)cc21. The molecule has 7 atom stereocenters. The monoisotopic (exact) mass is 560 g/mol. The maximum Gasteiger partial charge on any atom is 0.225 e. The number of ether oxygens (including phenoxy) is 2. The molecule has 4 heterocycles. The van der Waals surface area contributed by atoms with Crippen LogP contribution in [0.1, 0.15) is 56.1 Å². The summed E-state index contributed by atoms with van der Waals surface area (Å²) in [6, 6.07) is 2.50. The number of nitrogens with one attached hydrogen (secondary N) is 1. The molecule has 0 spiro atoms. The topological polar surface area (TPSA) is 104 Å². The molecule has 1 aliphatic carbocycles. The summed E-state index contributed by atoms with van der Waals surface area (Å²) in [6.45, 7) is 4.51. The van der Waals surface area contributed by atoms with E-state index in [1.165, 1.54) is 6.07 Å². The van der Waals surface area contributed by atoms with Gasteiger partial charge in [-0.15, -0.1) is 0 Å². The van der Waals surface area contributed by atoms with Crippen molar-refractivity contribution in [3.05, 3.63) is 40.6 Å². The Morgan fingerprint density at radius 3 is 2.82 bits per heavy atom. The molecule has 2 N–H and O–H groups in total. The molecule has 1 saturated carbocycles. The lowest BCUT2D eigenvalue weighted by molar-refractivity contribution is -0.159. The fourth-order valence-electron chi connectivity index (χ4n) is 6.02. The Hall–Kier alpha value is -2.73. The van der Waals surface area contributed by atoms with Gasteiger partial charge in [-0.25, -0.2) is 14.4 Å². The highest BCUT2D eigenvalue weighted by Crippen LogP contribution is 2.49. The van der Waals surface area contributed by atoms with E-state index in [0.717, 1.165) is 5.82 Å². The first-order valence-electron chi connectivity index (χ1n) is 13.4. The molecule has 39 heavy (non-hydrogen) atoms. The van der Waals surface area contributed by atoms with Crippen LogP contribution in [0.5, 0.6) is 0 Å². The number of fused-ring (bicyclic) bond motifs is 3. The van der Waals surface area contributed by atoms with E-state index in [2.05, 4.69) is 5.32 Å². The maximum absolute atomic E-state index is 15.7. The Bertz CT molecular complexity index is 1380. The van der Waals surface area contributed by atoms with Crippen LogP contribution in [-0.4, -0.2) is 88.6 Å². The fourth-order valence-corrected chi connectivity index (χ4v) is 6.35.